The van der Waals surface area contributed by atoms with Gasteiger partial charge in [-0.3, -0.25) is 14.5 Å². The van der Waals surface area contributed by atoms with Gasteiger partial charge in [0.05, 0.1) is 23.2 Å². The van der Waals surface area contributed by atoms with Crippen LogP contribution in [0.15, 0.2) is 52.0 Å². The maximum Gasteiger partial charge on any atom is 0.301 e. The van der Waals surface area contributed by atoms with E-state index in [9.17, 15) is 19.8 Å². The van der Waals surface area contributed by atoms with Crippen molar-refractivity contribution in [1.82, 2.24) is 4.98 Å². The number of aliphatic hydroxyl groups is 1. The first-order valence-corrected chi connectivity index (χ1v) is 12.0. The zero-order chi connectivity index (χ0) is 24.1. The van der Waals surface area contributed by atoms with Crippen molar-refractivity contribution in [3.8, 4) is 17.2 Å². The van der Waals surface area contributed by atoms with Crippen molar-refractivity contribution in [3.05, 3.63) is 68.6 Å². The average Bonchev–Trinajstić information content (AvgIpc) is 3.53. The Labute approximate surface area is 207 Å². The van der Waals surface area contributed by atoms with Crippen molar-refractivity contribution in [2.24, 2.45) is 0 Å². The predicted octanol–water partition coefficient (Wildman–Crippen LogP) is 4.57. The average molecular weight is 543 g/mol. The first-order chi connectivity index (χ1) is 16.3. The molecule has 2 aliphatic heterocycles. The molecule has 0 unspecified atom stereocenters. The molecule has 174 valence electrons. The summed E-state index contributed by atoms with van der Waals surface area (Å²) >= 11 is 4.50. The first-order valence-electron chi connectivity index (χ1n) is 10.4. The summed E-state index contributed by atoms with van der Waals surface area (Å²) in [6, 6.07) is 7.31. The molecule has 1 saturated heterocycles. The number of carbonyl (C=O) groups is 2. The van der Waals surface area contributed by atoms with E-state index in [0.717, 1.165) is 11.3 Å². The second-order valence-corrected chi connectivity index (χ2v) is 9.72. The summed E-state index contributed by atoms with van der Waals surface area (Å²) in [6.45, 7) is 1.95. The zero-order valence-corrected chi connectivity index (χ0v) is 20.5. The van der Waals surface area contributed by atoms with Crippen LogP contribution in [0.3, 0.4) is 0 Å². The van der Waals surface area contributed by atoms with Gasteiger partial charge < -0.3 is 19.7 Å². The molecule has 2 aliphatic rings. The van der Waals surface area contributed by atoms with Gasteiger partial charge in [0.15, 0.2) is 16.6 Å². The van der Waals surface area contributed by atoms with Crippen molar-refractivity contribution < 1.29 is 29.3 Å². The monoisotopic (exact) mass is 542 g/mol. The maximum absolute atomic E-state index is 13.3. The Morgan fingerprint density at radius 3 is 2.79 bits per heavy atom. The number of aliphatic hydroxyl groups excluding tert-OH is 1. The molecule has 2 aromatic carbocycles. The van der Waals surface area contributed by atoms with Crippen molar-refractivity contribution in [2.75, 3.05) is 12.0 Å². The van der Waals surface area contributed by atoms with Gasteiger partial charge in [-0.05, 0) is 64.3 Å². The fourth-order valence-electron chi connectivity index (χ4n) is 4.31. The molecule has 0 saturated carbocycles. The highest BCUT2D eigenvalue weighted by Gasteiger charge is 2.48. The molecule has 2 atom stereocenters. The number of anilines is 1. The highest BCUT2D eigenvalue weighted by molar-refractivity contribution is 9.10. The minimum atomic E-state index is -0.986. The summed E-state index contributed by atoms with van der Waals surface area (Å²) in [6.07, 6.45) is 2.23. The number of methoxy groups -OCH3 is 1. The lowest BCUT2D eigenvalue weighted by molar-refractivity contribution is -0.132. The van der Waals surface area contributed by atoms with E-state index < -0.39 is 17.7 Å². The molecule has 5 rings (SSSR count). The number of hydrogen-bond donors (Lipinski definition) is 2. The smallest absolute Gasteiger partial charge is 0.301 e. The highest BCUT2D eigenvalue weighted by Crippen LogP contribution is 2.46. The van der Waals surface area contributed by atoms with Crippen LogP contribution in [-0.2, 0) is 16.0 Å². The molecule has 8 nitrogen and oxygen atoms in total. The molecule has 3 aromatic rings. The number of phenolic OH excluding ortho intramolecular Hbond substituents is 1. The number of ether oxygens (including phenoxy) is 2. The molecular weight excluding hydrogens is 524 g/mol. The second kappa shape index (κ2) is 8.44. The number of amides is 1. The number of Topliss-reactive ketones (excluding diaryl/α,β-unsaturated/α-hetero) is 1. The predicted molar refractivity (Wildman–Crippen MR) is 129 cm³/mol. The van der Waals surface area contributed by atoms with E-state index in [1.54, 1.807) is 29.6 Å². The summed E-state index contributed by atoms with van der Waals surface area (Å²) in [5, 5.41) is 23.6. The molecule has 1 aromatic heterocycles. The molecule has 1 amide bonds. The maximum atomic E-state index is 13.3. The van der Waals surface area contributed by atoms with E-state index in [4.69, 9.17) is 9.47 Å². The summed E-state index contributed by atoms with van der Waals surface area (Å²) in [7, 11) is 1.40. The van der Waals surface area contributed by atoms with Crippen LogP contribution in [0.25, 0.3) is 5.76 Å². The molecule has 0 bridgehead atoms. The third kappa shape index (κ3) is 3.54. The Morgan fingerprint density at radius 1 is 1.29 bits per heavy atom. The van der Waals surface area contributed by atoms with Gasteiger partial charge in [-0.1, -0.05) is 0 Å². The number of nitrogens with zero attached hydrogens (tertiary/aromatic N) is 2. The normalized spacial score (nSPS) is 21.0. The molecule has 3 heterocycles. The van der Waals surface area contributed by atoms with Gasteiger partial charge in [0.1, 0.15) is 17.6 Å². The number of aromatic hydroxyl groups is 1. The van der Waals surface area contributed by atoms with E-state index in [2.05, 4.69) is 20.9 Å². The van der Waals surface area contributed by atoms with Crippen molar-refractivity contribution >= 4 is 49.8 Å². The number of hydrogen-bond acceptors (Lipinski definition) is 8. The molecule has 1 fully saturated rings. The van der Waals surface area contributed by atoms with Crippen LogP contribution in [0.4, 0.5) is 5.13 Å². The highest BCUT2D eigenvalue weighted by atomic mass is 79.9. The van der Waals surface area contributed by atoms with E-state index in [1.165, 1.54) is 35.6 Å². The molecular formula is C24H19BrN2O6S. The standard InChI is InChI=1S/C24H19BrN2O6S/c1-11-7-13-8-12(3-4-16(13)33-11)20(28)18-19(14-9-15(25)21(29)17(10-14)32-2)27(23(31)22(18)30)24-26-5-6-34-24/h3-6,8-11,19,28-29H,7H2,1-2H3/t11-,19+/m0/s1. The minimum absolute atomic E-state index is 0.0182. The fraction of sp³-hybridized carbons (Fsp3) is 0.208. The van der Waals surface area contributed by atoms with Gasteiger partial charge in [0.25, 0.3) is 5.78 Å². The summed E-state index contributed by atoms with van der Waals surface area (Å²) in [4.78, 5) is 31.9. The van der Waals surface area contributed by atoms with E-state index in [1.807, 2.05) is 6.92 Å². The van der Waals surface area contributed by atoms with Gasteiger partial charge in [-0.25, -0.2) is 4.98 Å². The first kappa shape index (κ1) is 22.4. The fourth-order valence-corrected chi connectivity index (χ4v) is 5.44. The lowest BCUT2D eigenvalue weighted by atomic mass is 9.94. The van der Waals surface area contributed by atoms with E-state index >= 15 is 0 Å². The Balaban J connectivity index is 1.72. The molecule has 0 aliphatic carbocycles. The van der Waals surface area contributed by atoms with Gasteiger partial charge in [-0.15, -0.1) is 11.3 Å². The second-order valence-electron chi connectivity index (χ2n) is 7.99. The third-order valence-electron chi connectivity index (χ3n) is 5.83. The Morgan fingerprint density at radius 2 is 2.09 bits per heavy atom. The van der Waals surface area contributed by atoms with Gasteiger partial charge >= 0.3 is 5.91 Å². The van der Waals surface area contributed by atoms with Crippen LogP contribution in [0.1, 0.15) is 29.7 Å². The Hall–Kier alpha value is -3.37. The van der Waals surface area contributed by atoms with Crippen LogP contribution in [0, 0.1) is 0 Å². The number of aromatic nitrogens is 1. The number of carbonyl (C=O) groups excluding carboxylic acids is 2. The number of rotatable bonds is 4. The molecule has 34 heavy (non-hydrogen) atoms. The van der Waals surface area contributed by atoms with Crippen molar-refractivity contribution in [2.45, 2.75) is 25.5 Å². The minimum Gasteiger partial charge on any atom is -0.507 e. The molecule has 10 heteroatoms. The number of fused-ring (bicyclic) bond motifs is 1. The van der Waals surface area contributed by atoms with E-state index in [-0.39, 0.29) is 28.9 Å². The van der Waals surface area contributed by atoms with Crippen molar-refractivity contribution in [3.63, 3.8) is 0 Å². The number of ketones is 1. The van der Waals surface area contributed by atoms with Gasteiger partial charge in [0, 0.05) is 23.6 Å². The summed E-state index contributed by atoms with van der Waals surface area (Å²) in [5.74, 6) is -1.17. The van der Waals surface area contributed by atoms with Crippen molar-refractivity contribution in [1.29, 1.82) is 0 Å². The van der Waals surface area contributed by atoms with Crippen LogP contribution in [-0.4, -0.2) is 40.1 Å². The quantitative estimate of drug-likeness (QED) is 0.282. The summed E-state index contributed by atoms with van der Waals surface area (Å²) in [5.41, 5.74) is 1.70. The number of halogens is 1. The van der Waals surface area contributed by atoms with Gasteiger partial charge in [-0.2, -0.15) is 0 Å². The topological polar surface area (TPSA) is 109 Å². The molecule has 0 spiro atoms. The lowest BCUT2D eigenvalue weighted by Gasteiger charge is -2.24. The van der Waals surface area contributed by atoms with E-state index in [0.29, 0.717) is 27.2 Å². The lowest BCUT2D eigenvalue weighted by Crippen LogP contribution is -2.29. The third-order valence-corrected chi connectivity index (χ3v) is 7.20. The van der Waals surface area contributed by atoms with Crippen LogP contribution >= 0.6 is 27.3 Å². The SMILES string of the molecule is COc1cc([C@@H]2C(=C(O)c3ccc4c(c3)C[C@H](C)O4)C(=O)C(=O)N2c2nccs2)cc(Br)c1O. The largest absolute Gasteiger partial charge is 0.507 e. The van der Waals surface area contributed by atoms with Crippen LogP contribution in [0.2, 0.25) is 0 Å². The Kier molecular flexibility index (Phi) is 5.57. The summed E-state index contributed by atoms with van der Waals surface area (Å²) < 4.78 is 11.3. The van der Waals surface area contributed by atoms with Crippen LogP contribution < -0.4 is 14.4 Å². The zero-order valence-electron chi connectivity index (χ0n) is 18.1. The van der Waals surface area contributed by atoms with Gasteiger partial charge in [0.2, 0.25) is 0 Å². The Bertz CT molecular complexity index is 1350. The number of benzene rings is 2. The van der Waals surface area contributed by atoms with Crippen LogP contribution in [0.5, 0.6) is 17.2 Å². The molecule has 2 N–H and O–H groups in total. The number of thiazole rings is 1. The number of phenols is 1. The molecule has 0 radical (unpaired) electrons.